The molecule has 2 N–H and O–H groups in total. The molecule has 4 heteroatoms. The van der Waals surface area contributed by atoms with Crippen LogP contribution in [0.15, 0.2) is 10.6 Å². The molecule has 1 unspecified atom stereocenters. The standard InChI is InChI=1S/C10H16N2O2/c1-9(2)5-10(9,6-11)7-4-8(13-3)12-14-7/h4H,5-6,11H2,1-3H3. The fourth-order valence-electron chi connectivity index (χ4n) is 2.16. The number of ether oxygens (including phenoxy) is 1. The summed E-state index contributed by atoms with van der Waals surface area (Å²) in [5, 5.41) is 3.80. The molecular formula is C10H16N2O2. The van der Waals surface area contributed by atoms with Crippen molar-refractivity contribution < 1.29 is 9.26 Å². The normalized spacial score (nSPS) is 28.9. The summed E-state index contributed by atoms with van der Waals surface area (Å²) in [7, 11) is 1.58. The largest absolute Gasteiger partial charge is 0.479 e. The lowest BCUT2D eigenvalue weighted by Gasteiger charge is -2.13. The molecule has 0 aromatic carbocycles. The van der Waals surface area contributed by atoms with Gasteiger partial charge in [-0.05, 0) is 17.0 Å². The Hall–Kier alpha value is -1.03. The van der Waals surface area contributed by atoms with Crippen LogP contribution in [0.4, 0.5) is 0 Å². The van der Waals surface area contributed by atoms with Crippen molar-refractivity contribution in [1.82, 2.24) is 5.16 Å². The maximum Gasteiger partial charge on any atom is 0.254 e. The van der Waals surface area contributed by atoms with Crippen LogP contribution in [-0.2, 0) is 5.41 Å². The van der Waals surface area contributed by atoms with Gasteiger partial charge in [-0.25, -0.2) is 0 Å². The monoisotopic (exact) mass is 196 g/mol. The van der Waals surface area contributed by atoms with Crippen molar-refractivity contribution in [3.8, 4) is 5.88 Å². The van der Waals surface area contributed by atoms with Crippen molar-refractivity contribution in [1.29, 1.82) is 0 Å². The molecule has 1 atom stereocenters. The molecule has 0 aliphatic heterocycles. The van der Waals surface area contributed by atoms with Gasteiger partial charge in [-0.2, -0.15) is 0 Å². The van der Waals surface area contributed by atoms with E-state index in [1.54, 1.807) is 7.11 Å². The van der Waals surface area contributed by atoms with Gasteiger partial charge >= 0.3 is 0 Å². The van der Waals surface area contributed by atoms with Gasteiger partial charge in [0.2, 0.25) is 0 Å². The molecule has 0 spiro atoms. The molecule has 4 nitrogen and oxygen atoms in total. The summed E-state index contributed by atoms with van der Waals surface area (Å²) in [6.45, 7) is 4.97. The first-order chi connectivity index (χ1) is 6.55. The molecule has 0 amide bonds. The molecule has 1 aromatic heterocycles. The van der Waals surface area contributed by atoms with E-state index >= 15 is 0 Å². The summed E-state index contributed by atoms with van der Waals surface area (Å²) >= 11 is 0. The van der Waals surface area contributed by atoms with Crippen LogP contribution in [0.3, 0.4) is 0 Å². The molecule has 14 heavy (non-hydrogen) atoms. The van der Waals surface area contributed by atoms with Gasteiger partial charge in [0.15, 0.2) is 0 Å². The Morgan fingerprint density at radius 3 is 2.64 bits per heavy atom. The predicted molar refractivity (Wildman–Crippen MR) is 52.2 cm³/mol. The first-order valence-corrected chi connectivity index (χ1v) is 4.77. The molecule has 2 rings (SSSR count). The second-order valence-corrected chi connectivity index (χ2v) is 4.58. The minimum absolute atomic E-state index is 0.0310. The third-order valence-electron chi connectivity index (χ3n) is 3.43. The van der Waals surface area contributed by atoms with Crippen LogP contribution in [0, 0.1) is 5.41 Å². The smallest absolute Gasteiger partial charge is 0.254 e. The zero-order chi connectivity index (χ0) is 10.4. The number of nitrogens with two attached hydrogens (primary N) is 1. The van der Waals surface area contributed by atoms with Gasteiger partial charge in [0.05, 0.1) is 7.11 Å². The maximum absolute atomic E-state index is 5.80. The fourth-order valence-corrected chi connectivity index (χ4v) is 2.16. The highest BCUT2D eigenvalue weighted by Gasteiger charge is 2.63. The summed E-state index contributed by atoms with van der Waals surface area (Å²) in [6, 6.07) is 1.83. The van der Waals surface area contributed by atoms with Crippen molar-refractivity contribution >= 4 is 0 Å². The van der Waals surface area contributed by atoms with Gasteiger partial charge in [0.25, 0.3) is 5.88 Å². The molecule has 0 bridgehead atoms. The van der Waals surface area contributed by atoms with Crippen LogP contribution < -0.4 is 10.5 Å². The number of rotatable bonds is 3. The lowest BCUT2D eigenvalue weighted by Crippen LogP contribution is -2.24. The Morgan fingerprint density at radius 1 is 1.64 bits per heavy atom. The van der Waals surface area contributed by atoms with Crippen LogP contribution in [0.2, 0.25) is 0 Å². The van der Waals surface area contributed by atoms with E-state index in [2.05, 4.69) is 19.0 Å². The van der Waals surface area contributed by atoms with E-state index in [1.165, 1.54) is 0 Å². The Labute approximate surface area is 83.4 Å². The van der Waals surface area contributed by atoms with E-state index in [0.29, 0.717) is 12.4 Å². The van der Waals surface area contributed by atoms with Gasteiger partial charge < -0.3 is 15.0 Å². The average Bonchev–Trinajstić information content (AvgIpc) is 2.57. The topological polar surface area (TPSA) is 61.3 Å². The highest BCUT2D eigenvalue weighted by molar-refractivity contribution is 5.32. The minimum atomic E-state index is -0.0310. The first-order valence-electron chi connectivity index (χ1n) is 4.77. The Balaban J connectivity index is 2.31. The highest BCUT2D eigenvalue weighted by atomic mass is 16.5. The van der Waals surface area contributed by atoms with Crippen LogP contribution in [0.5, 0.6) is 5.88 Å². The maximum atomic E-state index is 5.80. The quantitative estimate of drug-likeness (QED) is 0.791. The van der Waals surface area contributed by atoms with Crippen molar-refractivity contribution in [3.63, 3.8) is 0 Å². The van der Waals surface area contributed by atoms with Crippen molar-refractivity contribution in [2.24, 2.45) is 11.1 Å². The summed E-state index contributed by atoms with van der Waals surface area (Å²) in [5.74, 6) is 1.37. The number of hydrogen-bond donors (Lipinski definition) is 1. The molecule has 0 radical (unpaired) electrons. The molecular weight excluding hydrogens is 180 g/mol. The lowest BCUT2D eigenvalue weighted by molar-refractivity contribution is 0.301. The summed E-state index contributed by atoms with van der Waals surface area (Å²) in [5.41, 5.74) is 5.98. The predicted octanol–water partition coefficient (Wildman–Crippen LogP) is 1.31. The molecule has 1 fully saturated rings. The van der Waals surface area contributed by atoms with E-state index in [4.69, 9.17) is 15.0 Å². The van der Waals surface area contributed by atoms with E-state index in [1.807, 2.05) is 6.07 Å². The number of methoxy groups -OCH3 is 1. The Bertz CT molecular complexity index is 346. The molecule has 1 aliphatic rings. The van der Waals surface area contributed by atoms with Gasteiger partial charge in [-0.1, -0.05) is 13.8 Å². The molecule has 78 valence electrons. The Morgan fingerprint density at radius 2 is 2.29 bits per heavy atom. The van der Waals surface area contributed by atoms with Crippen LogP contribution in [-0.4, -0.2) is 18.8 Å². The van der Waals surface area contributed by atoms with Crippen LogP contribution in [0.1, 0.15) is 26.0 Å². The highest BCUT2D eigenvalue weighted by Crippen LogP contribution is 2.63. The third kappa shape index (κ3) is 1.07. The Kier molecular flexibility index (Phi) is 1.86. The van der Waals surface area contributed by atoms with E-state index in [9.17, 15) is 0 Å². The number of nitrogens with zero attached hydrogens (tertiary/aromatic N) is 1. The second kappa shape index (κ2) is 2.73. The second-order valence-electron chi connectivity index (χ2n) is 4.58. The number of hydrogen-bond acceptors (Lipinski definition) is 4. The SMILES string of the molecule is COc1cc(C2(CN)CC2(C)C)on1. The van der Waals surface area contributed by atoms with E-state index in [-0.39, 0.29) is 10.8 Å². The van der Waals surface area contributed by atoms with Crippen molar-refractivity contribution in [3.05, 3.63) is 11.8 Å². The zero-order valence-corrected chi connectivity index (χ0v) is 8.83. The van der Waals surface area contributed by atoms with Crippen molar-refractivity contribution in [2.75, 3.05) is 13.7 Å². The van der Waals surface area contributed by atoms with Crippen LogP contribution >= 0.6 is 0 Å². The van der Waals surface area contributed by atoms with E-state index < -0.39 is 0 Å². The summed E-state index contributed by atoms with van der Waals surface area (Å²) in [6.07, 6.45) is 1.05. The molecule has 1 saturated carbocycles. The lowest BCUT2D eigenvalue weighted by atomic mass is 9.93. The zero-order valence-electron chi connectivity index (χ0n) is 8.83. The average molecular weight is 196 g/mol. The molecule has 1 heterocycles. The number of aromatic nitrogens is 1. The molecule has 0 saturated heterocycles. The van der Waals surface area contributed by atoms with Gasteiger partial charge in [-0.3, -0.25) is 0 Å². The van der Waals surface area contributed by atoms with Crippen LogP contribution in [0.25, 0.3) is 0 Å². The minimum Gasteiger partial charge on any atom is -0.479 e. The summed E-state index contributed by atoms with van der Waals surface area (Å²) < 4.78 is 10.2. The molecule has 1 aliphatic carbocycles. The van der Waals surface area contributed by atoms with Gasteiger partial charge in [0, 0.05) is 18.0 Å². The van der Waals surface area contributed by atoms with E-state index in [0.717, 1.165) is 12.2 Å². The third-order valence-corrected chi connectivity index (χ3v) is 3.43. The van der Waals surface area contributed by atoms with Crippen molar-refractivity contribution in [2.45, 2.75) is 25.7 Å². The van der Waals surface area contributed by atoms with Gasteiger partial charge in [0.1, 0.15) is 5.76 Å². The first kappa shape index (κ1) is 9.52. The van der Waals surface area contributed by atoms with Gasteiger partial charge in [-0.15, -0.1) is 0 Å². The molecule has 1 aromatic rings. The fraction of sp³-hybridized carbons (Fsp3) is 0.700. The summed E-state index contributed by atoms with van der Waals surface area (Å²) in [4.78, 5) is 0.